The van der Waals surface area contributed by atoms with Gasteiger partial charge in [-0.2, -0.15) is 5.10 Å². The molecule has 0 unspecified atom stereocenters. The van der Waals surface area contributed by atoms with Crippen LogP contribution in [0.2, 0.25) is 0 Å². The van der Waals surface area contributed by atoms with Gasteiger partial charge in [-0.05, 0) is 35.9 Å². The number of ether oxygens (including phenoxy) is 2. The number of hydrogen-bond donors (Lipinski definition) is 2. The number of amides is 2. The highest BCUT2D eigenvalue weighted by Gasteiger charge is 2.13. The molecule has 0 radical (unpaired) electrons. The van der Waals surface area contributed by atoms with Crippen LogP contribution >= 0.6 is 0 Å². The number of anilines is 1. The van der Waals surface area contributed by atoms with E-state index in [0.717, 1.165) is 0 Å². The number of benzene rings is 1. The van der Waals surface area contributed by atoms with Crippen molar-refractivity contribution in [2.45, 2.75) is 0 Å². The first-order chi connectivity index (χ1) is 12.6. The normalized spacial score (nSPS) is 10.2. The van der Waals surface area contributed by atoms with Crippen molar-refractivity contribution in [3.05, 3.63) is 60.8 Å². The number of aromatic nitrogens is 1. The Morgan fingerprint density at radius 3 is 2.77 bits per heavy atom. The van der Waals surface area contributed by atoms with E-state index in [0.29, 0.717) is 23.7 Å². The number of methoxy groups -OCH3 is 1. The zero-order valence-corrected chi connectivity index (χ0v) is 14.1. The fourth-order valence-corrected chi connectivity index (χ4v) is 1.86. The second-order valence-electron chi connectivity index (χ2n) is 4.88. The maximum absolute atomic E-state index is 11.7. The average molecular weight is 354 g/mol. The molecule has 0 saturated heterocycles. The number of rotatable bonds is 7. The Hall–Kier alpha value is -3.68. The van der Waals surface area contributed by atoms with Gasteiger partial charge in [0.15, 0.2) is 11.5 Å². The molecule has 0 aliphatic carbocycles. The summed E-state index contributed by atoms with van der Waals surface area (Å²) in [7, 11) is 1.51. The number of hydrazone groups is 1. The number of carbonyl (C=O) groups excluding carboxylic acids is 2. The van der Waals surface area contributed by atoms with E-state index in [-0.39, 0.29) is 5.82 Å². The highest BCUT2D eigenvalue weighted by atomic mass is 16.5. The Balaban J connectivity index is 1.93. The number of carbonyl (C=O) groups is 2. The Morgan fingerprint density at radius 2 is 2.08 bits per heavy atom. The minimum Gasteiger partial charge on any atom is -0.493 e. The number of pyridine rings is 1. The molecule has 0 bridgehead atoms. The van der Waals surface area contributed by atoms with Crippen LogP contribution < -0.4 is 20.2 Å². The lowest BCUT2D eigenvalue weighted by molar-refractivity contribution is -0.136. The van der Waals surface area contributed by atoms with Crippen LogP contribution in [-0.2, 0) is 9.59 Å². The monoisotopic (exact) mass is 354 g/mol. The second-order valence-corrected chi connectivity index (χ2v) is 4.88. The first-order valence-electron chi connectivity index (χ1n) is 7.61. The Kier molecular flexibility index (Phi) is 6.87. The predicted molar refractivity (Wildman–Crippen MR) is 97.3 cm³/mol. The quantitative estimate of drug-likeness (QED) is 0.341. The Morgan fingerprint density at radius 1 is 1.23 bits per heavy atom. The summed E-state index contributed by atoms with van der Waals surface area (Å²) in [6.07, 6.45) is 4.51. The van der Waals surface area contributed by atoms with E-state index < -0.39 is 11.8 Å². The molecule has 0 spiro atoms. The van der Waals surface area contributed by atoms with E-state index in [4.69, 9.17) is 9.47 Å². The van der Waals surface area contributed by atoms with Gasteiger partial charge in [-0.25, -0.2) is 10.4 Å². The molecule has 2 aromatic rings. The van der Waals surface area contributed by atoms with Crippen molar-refractivity contribution in [1.29, 1.82) is 0 Å². The third kappa shape index (κ3) is 5.45. The lowest BCUT2D eigenvalue weighted by Gasteiger charge is -2.09. The summed E-state index contributed by atoms with van der Waals surface area (Å²) < 4.78 is 10.7. The van der Waals surface area contributed by atoms with Crippen molar-refractivity contribution in [1.82, 2.24) is 10.4 Å². The van der Waals surface area contributed by atoms with Crippen LogP contribution in [-0.4, -0.2) is 36.7 Å². The van der Waals surface area contributed by atoms with Crippen molar-refractivity contribution in [3.63, 3.8) is 0 Å². The number of hydrogen-bond acceptors (Lipinski definition) is 6. The van der Waals surface area contributed by atoms with Crippen molar-refractivity contribution in [2.75, 3.05) is 19.0 Å². The molecular formula is C18H18N4O4. The second kappa shape index (κ2) is 9.58. The minimum absolute atomic E-state index is 0.275. The van der Waals surface area contributed by atoms with Crippen LogP contribution in [0, 0.1) is 0 Å². The molecule has 0 aliphatic rings. The third-order valence-electron chi connectivity index (χ3n) is 3.04. The molecule has 0 aliphatic heterocycles. The summed E-state index contributed by atoms with van der Waals surface area (Å²) in [6, 6.07) is 10.1. The van der Waals surface area contributed by atoms with Crippen LogP contribution in [0.25, 0.3) is 0 Å². The van der Waals surface area contributed by atoms with Crippen LogP contribution in [0.15, 0.2) is 60.4 Å². The zero-order chi connectivity index (χ0) is 18.8. The average Bonchev–Trinajstić information content (AvgIpc) is 2.67. The van der Waals surface area contributed by atoms with Crippen LogP contribution in [0.1, 0.15) is 5.56 Å². The van der Waals surface area contributed by atoms with Gasteiger partial charge in [0.25, 0.3) is 0 Å². The van der Waals surface area contributed by atoms with Crippen LogP contribution in [0.4, 0.5) is 5.82 Å². The summed E-state index contributed by atoms with van der Waals surface area (Å²) in [6.45, 7) is 3.93. The molecule has 0 fully saturated rings. The molecule has 134 valence electrons. The van der Waals surface area contributed by atoms with Crippen molar-refractivity contribution in [3.8, 4) is 11.5 Å². The zero-order valence-electron chi connectivity index (χ0n) is 14.1. The van der Waals surface area contributed by atoms with Gasteiger partial charge in [-0.3, -0.25) is 9.59 Å². The summed E-state index contributed by atoms with van der Waals surface area (Å²) in [5.74, 6) is -0.439. The molecule has 1 heterocycles. The Labute approximate surface area is 150 Å². The maximum atomic E-state index is 11.7. The summed E-state index contributed by atoms with van der Waals surface area (Å²) in [4.78, 5) is 27.3. The van der Waals surface area contributed by atoms with E-state index >= 15 is 0 Å². The van der Waals surface area contributed by atoms with E-state index in [1.807, 2.05) is 0 Å². The van der Waals surface area contributed by atoms with Gasteiger partial charge < -0.3 is 14.8 Å². The molecule has 2 N–H and O–H groups in total. The van der Waals surface area contributed by atoms with Crippen LogP contribution in [0.3, 0.4) is 0 Å². The molecule has 0 saturated carbocycles. The molecule has 26 heavy (non-hydrogen) atoms. The summed E-state index contributed by atoms with van der Waals surface area (Å²) >= 11 is 0. The molecule has 1 aromatic heterocycles. The Bertz CT molecular complexity index is 806. The summed E-state index contributed by atoms with van der Waals surface area (Å²) in [5.41, 5.74) is 2.79. The minimum atomic E-state index is -0.912. The van der Waals surface area contributed by atoms with Gasteiger partial charge in [-0.1, -0.05) is 18.7 Å². The fraction of sp³-hybridized carbons (Fsp3) is 0.111. The lowest BCUT2D eigenvalue weighted by Crippen LogP contribution is -2.32. The van der Waals surface area contributed by atoms with Gasteiger partial charge in [0.1, 0.15) is 12.4 Å². The van der Waals surface area contributed by atoms with E-state index in [1.54, 1.807) is 42.5 Å². The lowest BCUT2D eigenvalue weighted by atomic mass is 10.2. The van der Waals surface area contributed by atoms with Gasteiger partial charge in [0.05, 0.1) is 13.3 Å². The van der Waals surface area contributed by atoms with Crippen molar-refractivity contribution < 1.29 is 19.1 Å². The molecule has 2 amide bonds. The molecular weight excluding hydrogens is 336 g/mol. The molecule has 2 rings (SSSR count). The predicted octanol–water partition coefficient (Wildman–Crippen LogP) is 1.74. The highest BCUT2D eigenvalue weighted by molar-refractivity contribution is 6.39. The SMILES string of the molecule is C=CCOc1ccc(C=NNC(=O)C(=O)Nc2ccccn2)cc1OC. The summed E-state index contributed by atoms with van der Waals surface area (Å²) in [5, 5.41) is 6.11. The standard InChI is InChI=1S/C18H18N4O4/c1-3-10-26-14-8-7-13(11-15(14)25-2)12-20-22-18(24)17(23)21-16-6-4-5-9-19-16/h3-9,11-12H,1,10H2,2H3,(H,22,24)(H,19,21,23). The topological polar surface area (TPSA) is 102 Å². The van der Waals surface area contributed by atoms with Gasteiger partial charge in [0, 0.05) is 6.20 Å². The smallest absolute Gasteiger partial charge is 0.329 e. The number of nitrogens with zero attached hydrogens (tertiary/aromatic N) is 2. The first-order valence-corrected chi connectivity index (χ1v) is 7.61. The number of nitrogens with one attached hydrogen (secondary N) is 2. The van der Waals surface area contributed by atoms with Gasteiger partial charge in [-0.15, -0.1) is 0 Å². The third-order valence-corrected chi connectivity index (χ3v) is 3.04. The first kappa shape index (κ1) is 18.7. The van der Waals surface area contributed by atoms with Crippen molar-refractivity contribution in [2.24, 2.45) is 5.10 Å². The fourth-order valence-electron chi connectivity index (χ4n) is 1.86. The van der Waals surface area contributed by atoms with E-state index in [2.05, 4.69) is 27.4 Å². The van der Waals surface area contributed by atoms with E-state index in [1.165, 1.54) is 19.5 Å². The highest BCUT2D eigenvalue weighted by Crippen LogP contribution is 2.27. The molecule has 8 nitrogen and oxygen atoms in total. The van der Waals surface area contributed by atoms with Crippen LogP contribution in [0.5, 0.6) is 11.5 Å². The van der Waals surface area contributed by atoms with Crippen molar-refractivity contribution >= 4 is 23.8 Å². The maximum Gasteiger partial charge on any atom is 0.329 e. The molecule has 0 atom stereocenters. The van der Waals surface area contributed by atoms with E-state index in [9.17, 15) is 9.59 Å². The molecule has 1 aromatic carbocycles. The van der Waals surface area contributed by atoms with Gasteiger partial charge >= 0.3 is 11.8 Å². The molecule has 8 heteroatoms. The van der Waals surface area contributed by atoms with Gasteiger partial charge in [0.2, 0.25) is 0 Å². The largest absolute Gasteiger partial charge is 0.493 e.